The molecule has 4 aromatic rings. The first-order valence-corrected chi connectivity index (χ1v) is 8.81. The molecule has 25 heavy (non-hydrogen) atoms. The molecule has 0 radical (unpaired) electrons. The van der Waals surface area contributed by atoms with Crippen LogP contribution in [-0.4, -0.2) is 15.1 Å². The Hall–Kier alpha value is -2.70. The predicted octanol–water partition coefficient (Wildman–Crippen LogP) is 5.13. The molecular formula is C18H13ClN4OS. The van der Waals surface area contributed by atoms with Crippen LogP contribution in [0.1, 0.15) is 4.88 Å². The fourth-order valence-electron chi connectivity index (χ4n) is 2.33. The predicted molar refractivity (Wildman–Crippen MR) is 99.6 cm³/mol. The molecule has 1 N–H and O–H groups in total. The molecule has 2 aromatic heterocycles. The molecule has 2 aromatic carbocycles. The minimum Gasteiger partial charge on any atom is -0.380 e. The maximum atomic E-state index is 5.83. The van der Waals surface area contributed by atoms with Gasteiger partial charge in [0.2, 0.25) is 5.82 Å². The van der Waals surface area contributed by atoms with Crippen molar-refractivity contribution in [2.75, 3.05) is 5.32 Å². The van der Waals surface area contributed by atoms with Gasteiger partial charge in [0.1, 0.15) is 0 Å². The van der Waals surface area contributed by atoms with Gasteiger partial charge in [0.05, 0.1) is 6.54 Å². The first-order valence-electron chi connectivity index (χ1n) is 7.61. The largest absolute Gasteiger partial charge is 0.380 e. The number of hydrogen-bond acceptors (Lipinski definition) is 6. The molecule has 0 amide bonds. The number of thiazole rings is 1. The summed E-state index contributed by atoms with van der Waals surface area (Å²) in [5.41, 5.74) is 2.80. The maximum Gasteiger partial charge on any atom is 0.258 e. The lowest BCUT2D eigenvalue weighted by Crippen LogP contribution is -1.96. The van der Waals surface area contributed by atoms with Gasteiger partial charge in [-0.2, -0.15) is 4.98 Å². The van der Waals surface area contributed by atoms with E-state index in [0.29, 0.717) is 22.7 Å². The number of halogens is 1. The van der Waals surface area contributed by atoms with Gasteiger partial charge in [-0.25, -0.2) is 4.98 Å². The number of rotatable bonds is 5. The van der Waals surface area contributed by atoms with E-state index in [1.807, 2.05) is 54.6 Å². The zero-order valence-corrected chi connectivity index (χ0v) is 14.6. The van der Waals surface area contributed by atoms with Crippen LogP contribution in [0.25, 0.3) is 22.8 Å². The minimum atomic E-state index is 0.500. The van der Waals surface area contributed by atoms with Crippen LogP contribution in [0.15, 0.2) is 65.3 Å². The molecule has 0 unspecified atom stereocenters. The number of nitrogens with zero attached hydrogens (tertiary/aromatic N) is 3. The standard InChI is InChI=1S/C18H13ClN4OS/c19-18-21-11-15(25-18)10-20-14-8-6-13(7-9-14)17-22-16(23-24-17)12-4-2-1-3-5-12/h1-9,11,20H,10H2. The van der Waals surface area contributed by atoms with Gasteiger partial charge in [-0.15, -0.1) is 11.3 Å². The van der Waals surface area contributed by atoms with Crippen molar-refractivity contribution in [2.45, 2.75) is 6.54 Å². The van der Waals surface area contributed by atoms with Crippen LogP contribution < -0.4 is 5.32 Å². The highest BCUT2D eigenvalue weighted by molar-refractivity contribution is 7.15. The second-order valence-electron chi connectivity index (χ2n) is 5.30. The van der Waals surface area contributed by atoms with E-state index in [1.54, 1.807) is 6.20 Å². The fourth-order valence-corrected chi connectivity index (χ4v) is 3.25. The van der Waals surface area contributed by atoms with Gasteiger partial charge in [0, 0.05) is 27.9 Å². The molecule has 5 nitrogen and oxygen atoms in total. The number of aromatic nitrogens is 3. The second-order valence-corrected chi connectivity index (χ2v) is 7.00. The summed E-state index contributed by atoms with van der Waals surface area (Å²) in [6.07, 6.45) is 1.78. The third kappa shape index (κ3) is 3.70. The summed E-state index contributed by atoms with van der Waals surface area (Å²) in [6.45, 7) is 0.683. The summed E-state index contributed by atoms with van der Waals surface area (Å²) in [5.74, 6) is 1.08. The molecule has 0 aliphatic rings. The van der Waals surface area contributed by atoms with Crippen molar-refractivity contribution in [1.82, 2.24) is 15.1 Å². The molecule has 0 bridgehead atoms. The first kappa shape index (κ1) is 15.8. The molecule has 0 saturated heterocycles. The highest BCUT2D eigenvalue weighted by Crippen LogP contribution is 2.24. The maximum absolute atomic E-state index is 5.83. The van der Waals surface area contributed by atoms with Gasteiger partial charge in [0.25, 0.3) is 5.89 Å². The van der Waals surface area contributed by atoms with E-state index in [4.69, 9.17) is 16.1 Å². The Morgan fingerprint density at radius 3 is 2.52 bits per heavy atom. The number of anilines is 1. The minimum absolute atomic E-state index is 0.500. The van der Waals surface area contributed by atoms with Crippen molar-refractivity contribution in [3.63, 3.8) is 0 Å². The highest BCUT2D eigenvalue weighted by atomic mass is 35.5. The smallest absolute Gasteiger partial charge is 0.258 e. The average Bonchev–Trinajstić information content (AvgIpc) is 3.30. The first-order chi connectivity index (χ1) is 12.3. The van der Waals surface area contributed by atoms with Crippen LogP contribution in [-0.2, 0) is 6.54 Å². The average molecular weight is 369 g/mol. The Kier molecular flexibility index (Phi) is 4.45. The molecule has 0 aliphatic carbocycles. The van der Waals surface area contributed by atoms with Gasteiger partial charge in [-0.05, 0) is 24.3 Å². The van der Waals surface area contributed by atoms with Crippen molar-refractivity contribution in [1.29, 1.82) is 0 Å². The number of benzene rings is 2. The van der Waals surface area contributed by atoms with Crippen LogP contribution in [0.3, 0.4) is 0 Å². The normalized spacial score (nSPS) is 10.8. The molecule has 0 fully saturated rings. The summed E-state index contributed by atoms with van der Waals surface area (Å²) >= 11 is 7.30. The van der Waals surface area contributed by atoms with Crippen molar-refractivity contribution >= 4 is 28.6 Å². The Morgan fingerprint density at radius 1 is 1.00 bits per heavy atom. The van der Waals surface area contributed by atoms with Crippen molar-refractivity contribution in [3.8, 4) is 22.8 Å². The molecular weight excluding hydrogens is 356 g/mol. The third-order valence-corrected chi connectivity index (χ3v) is 4.70. The lowest BCUT2D eigenvalue weighted by Gasteiger charge is -2.04. The van der Waals surface area contributed by atoms with E-state index in [0.717, 1.165) is 21.7 Å². The van der Waals surface area contributed by atoms with Crippen molar-refractivity contribution < 1.29 is 4.52 Å². The van der Waals surface area contributed by atoms with E-state index in [1.165, 1.54) is 11.3 Å². The van der Waals surface area contributed by atoms with E-state index in [-0.39, 0.29) is 0 Å². The zero-order valence-electron chi connectivity index (χ0n) is 13.0. The molecule has 2 heterocycles. The van der Waals surface area contributed by atoms with Crippen LogP contribution in [0.5, 0.6) is 0 Å². The summed E-state index contributed by atoms with van der Waals surface area (Å²) in [6, 6.07) is 17.6. The quantitative estimate of drug-likeness (QED) is 0.529. The Bertz CT molecular complexity index is 966. The van der Waals surface area contributed by atoms with Crippen LogP contribution in [0.4, 0.5) is 5.69 Å². The van der Waals surface area contributed by atoms with Gasteiger partial charge in [0.15, 0.2) is 4.47 Å². The van der Waals surface area contributed by atoms with Gasteiger partial charge < -0.3 is 9.84 Å². The fraction of sp³-hybridized carbons (Fsp3) is 0.0556. The van der Waals surface area contributed by atoms with Gasteiger partial charge in [-0.3, -0.25) is 0 Å². The number of nitrogens with one attached hydrogen (secondary N) is 1. The van der Waals surface area contributed by atoms with E-state index in [9.17, 15) is 0 Å². The van der Waals surface area contributed by atoms with E-state index >= 15 is 0 Å². The zero-order chi connectivity index (χ0) is 17.1. The molecule has 0 atom stereocenters. The van der Waals surface area contributed by atoms with E-state index < -0.39 is 0 Å². The second kappa shape index (κ2) is 7.04. The summed E-state index contributed by atoms with van der Waals surface area (Å²) < 4.78 is 5.93. The van der Waals surface area contributed by atoms with Gasteiger partial charge in [-0.1, -0.05) is 47.1 Å². The lowest BCUT2D eigenvalue weighted by atomic mass is 10.2. The number of hydrogen-bond donors (Lipinski definition) is 1. The molecule has 0 aliphatic heterocycles. The molecule has 0 saturated carbocycles. The summed E-state index contributed by atoms with van der Waals surface area (Å²) in [7, 11) is 0. The van der Waals surface area contributed by atoms with Crippen molar-refractivity contribution in [2.24, 2.45) is 0 Å². The lowest BCUT2D eigenvalue weighted by molar-refractivity contribution is 0.432. The Labute approximate surface area is 153 Å². The highest BCUT2D eigenvalue weighted by Gasteiger charge is 2.10. The molecule has 7 heteroatoms. The molecule has 0 spiro atoms. The SMILES string of the molecule is Clc1ncc(CNc2ccc(-c3nc(-c4ccccc4)no3)cc2)s1. The summed E-state index contributed by atoms with van der Waals surface area (Å²) in [4.78, 5) is 9.57. The van der Waals surface area contributed by atoms with Crippen LogP contribution >= 0.6 is 22.9 Å². The van der Waals surface area contributed by atoms with Gasteiger partial charge >= 0.3 is 0 Å². The topological polar surface area (TPSA) is 63.8 Å². The molecule has 4 rings (SSSR count). The van der Waals surface area contributed by atoms with E-state index in [2.05, 4.69) is 20.4 Å². The van der Waals surface area contributed by atoms with Crippen molar-refractivity contribution in [3.05, 3.63) is 70.1 Å². The van der Waals surface area contributed by atoms with Crippen LogP contribution in [0, 0.1) is 0 Å². The Morgan fingerprint density at radius 2 is 1.80 bits per heavy atom. The van der Waals surface area contributed by atoms with Crippen LogP contribution in [0.2, 0.25) is 4.47 Å². The Balaban J connectivity index is 1.46. The molecule has 124 valence electrons. The monoisotopic (exact) mass is 368 g/mol. The summed E-state index contributed by atoms with van der Waals surface area (Å²) in [5, 5.41) is 7.37. The third-order valence-electron chi connectivity index (χ3n) is 3.58.